The van der Waals surface area contributed by atoms with Crippen molar-refractivity contribution >= 4 is 17.7 Å². The first-order valence-corrected chi connectivity index (χ1v) is 8.30. The number of esters is 1. The molecule has 0 saturated carbocycles. The molecule has 0 bridgehead atoms. The number of ether oxygens (including phenoxy) is 2. The molecule has 1 N–H and O–H groups in total. The zero-order valence-corrected chi connectivity index (χ0v) is 14.6. The molecule has 2 aromatic rings. The van der Waals surface area contributed by atoms with Crippen LogP contribution in [0.4, 0.5) is 0 Å². The maximum absolute atomic E-state index is 11.7. The second-order valence-corrected chi connectivity index (χ2v) is 5.51. The number of hydrogen-bond donors (Lipinski definition) is 1. The molecule has 0 unspecified atom stereocenters. The Balaban J connectivity index is 1.67. The zero-order chi connectivity index (χ0) is 18.8. The second-order valence-electron chi connectivity index (χ2n) is 5.51. The van der Waals surface area contributed by atoms with Crippen LogP contribution in [0.25, 0.3) is 0 Å². The van der Waals surface area contributed by atoms with E-state index in [2.05, 4.69) is 5.32 Å². The van der Waals surface area contributed by atoms with Gasteiger partial charge in [-0.1, -0.05) is 37.3 Å². The number of carbonyl (C=O) groups is 3. The van der Waals surface area contributed by atoms with Crippen molar-refractivity contribution in [1.82, 2.24) is 5.32 Å². The summed E-state index contributed by atoms with van der Waals surface area (Å²) in [5.74, 6) is -0.442. The van der Waals surface area contributed by atoms with Gasteiger partial charge in [-0.05, 0) is 29.8 Å². The van der Waals surface area contributed by atoms with Crippen molar-refractivity contribution in [2.45, 2.75) is 20.0 Å². The molecule has 0 aliphatic rings. The molecule has 2 aromatic carbocycles. The number of ketones is 1. The van der Waals surface area contributed by atoms with Crippen molar-refractivity contribution in [2.24, 2.45) is 0 Å². The summed E-state index contributed by atoms with van der Waals surface area (Å²) < 4.78 is 10.4. The quantitative estimate of drug-likeness (QED) is 0.552. The van der Waals surface area contributed by atoms with Gasteiger partial charge >= 0.3 is 5.97 Å². The highest BCUT2D eigenvalue weighted by Gasteiger charge is 2.08. The number of nitrogens with one attached hydrogen (secondary N) is 1. The van der Waals surface area contributed by atoms with E-state index in [4.69, 9.17) is 9.47 Å². The standard InChI is InChI=1S/C20H21NO5/c1-2-18(22)16-8-10-17(11-9-16)25-14-19(23)21-12-20(24)26-13-15-6-4-3-5-7-15/h3-11H,2,12-14H2,1H3,(H,21,23). The summed E-state index contributed by atoms with van der Waals surface area (Å²) in [6, 6.07) is 15.8. The number of Topliss-reactive ketones (excluding diaryl/α,β-unsaturated/α-hetero) is 1. The summed E-state index contributed by atoms with van der Waals surface area (Å²) in [5, 5.41) is 2.44. The molecule has 136 valence electrons. The van der Waals surface area contributed by atoms with Crippen molar-refractivity contribution in [3.8, 4) is 5.75 Å². The fraction of sp³-hybridized carbons (Fsp3) is 0.250. The van der Waals surface area contributed by atoms with E-state index in [-0.39, 0.29) is 25.5 Å². The largest absolute Gasteiger partial charge is 0.484 e. The van der Waals surface area contributed by atoms with Crippen LogP contribution in [0.1, 0.15) is 29.3 Å². The van der Waals surface area contributed by atoms with Crippen LogP contribution in [-0.2, 0) is 20.9 Å². The number of amides is 1. The van der Waals surface area contributed by atoms with Crippen LogP contribution in [-0.4, -0.2) is 30.8 Å². The summed E-state index contributed by atoms with van der Waals surface area (Å²) in [6.45, 7) is 1.50. The van der Waals surface area contributed by atoms with Gasteiger partial charge < -0.3 is 14.8 Å². The van der Waals surface area contributed by atoms with E-state index < -0.39 is 11.9 Å². The molecule has 1 amide bonds. The maximum Gasteiger partial charge on any atom is 0.325 e. The fourth-order valence-corrected chi connectivity index (χ4v) is 2.10. The molecule has 0 atom stereocenters. The average Bonchev–Trinajstić information content (AvgIpc) is 2.69. The van der Waals surface area contributed by atoms with Crippen molar-refractivity contribution in [3.63, 3.8) is 0 Å². The first-order chi connectivity index (χ1) is 12.6. The highest BCUT2D eigenvalue weighted by molar-refractivity contribution is 5.95. The zero-order valence-electron chi connectivity index (χ0n) is 14.6. The fourth-order valence-electron chi connectivity index (χ4n) is 2.10. The predicted molar refractivity (Wildman–Crippen MR) is 95.8 cm³/mol. The summed E-state index contributed by atoms with van der Waals surface area (Å²) in [6.07, 6.45) is 0.434. The van der Waals surface area contributed by atoms with Crippen LogP contribution in [0.2, 0.25) is 0 Å². The van der Waals surface area contributed by atoms with Gasteiger partial charge in [-0.25, -0.2) is 0 Å². The predicted octanol–water partition coefficient (Wildman–Crippen LogP) is 2.52. The van der Waals surface area contributed by atoms with Gasteiger partial charge in [0, 0.05) is 12.0 Å². The van der Waals surface area contributed by atoms with E-state index in [0.717, 1.165) is 5.56 Å². The topological polar surface area (TPSA) is 81.7 Å². The van der Waals surface area contributed by atoms with Crippen LogP contribution in [0, 0.1) is 0 Å². The van der Waals surface area contributed by atoms with Gasteiger partial charge in [-0.3, -0.25) is 14.4 Å². The highest BCUT2D eigenvalue weighted by atomic mass is 16.5. The Bertz CT molecular complexity index is 741. The molecule has 6 nitrogen and oxygen atoms in total. The van der Waals surface area contributed by atoms with Crippen LogP contribution >= 0.6 is 0 Å². The third-order valence-corrected chi connectivity index (χ3v) is 3.54. The van der Waals surface area contributed by atoms with E-state index in [1.54, 1.807) is 31.2 Å². The molecule has 2 rings (SSSR count). The summed E-state index contributed by atoms with van der Waals surface area (Å²) >= 11 is 0. The molecule has 0 aromatic heterocycles. The van der Waals surface area contributed by atoms with E-state index in [9.17, 15) is 14.4 Å². The van der Waals surface area contributed by atoms with E-state index in [0.29, 0.717) is 17.7 Å². The van der Waals surface area contributed by atoms with Gasteiger partial charge in [0.15, 0.2) is 12.4 Å². The first-order valence-electron chi connectivity index (χ1n) is 8.30. The van der Waals surface area contributed by atoms with Crippen LogP contribution < -0.4 is 10.1 Å². The third kappa shape index (κ3) is 6.39. The summed E-state index contributed by atoms with van der Waals surface area (Å²) in [5.41, 5.74) is 1.48. The Kier molecular flexibility index (Phi) is 7.36. The molecule has 0 saturated heterocycles. The van der Waals surface area contributed by atoms with Crippen molar-refractivity contribution in [2.75, 3.05) is 13.2 Å². The van der Waals surface area contributed by atoms with Gasteiger partial charge in [0.2, 0.25) is 0 Å². The first kappa shape index (κ1) is 19.2. The average molecular weight is 355 g/mol. The molecule has 6 heteroatoms. The van der Waals surface area contributed by atoms with Crippen molar-refractivity contribution in [3.05, 3.63) is 65.7 Å². The minimum atomic E-state index is -0.523. The molecule has 0 aliphatic carbocycles. The number of benzene rings is 2. The normalized spacial score (nSPS) is 10.0. The minimum Gasteiger partial charge on any atom is -0.484 e. The third-order valence-electron chi connectivity index (χ3n) is 3.54. The summed E-state index contributed by atoms with van der Waals surface area (Å²) in [4.78, 5) is 34.9. The van der Waals surface area contributed by atoms with Gasteiger partial charge in [-0.2, -0.15) is 0 Å². The lowest BCUT2D eigenvalue weighted by molar-refractivity contribution is -0.145. The second kappa shape index (κ2) is 9.98. The summed E-state index contributed by atoms with van der Waals surface area (Å²) in [7, 11) is 0. The van der Waals surface area contributed by atoms with Crippen molar-refractivity contribution < 1.29 is 23.9 Å². The smallest absolute Gasteiger partial charge is 0.325 e. The Morgan fingerprint density at radius 1 is 0.962 bits per heavy atom. The monoisotopic (exact) mass is 355 g/mol. The number of hydrogen-bond acceptors (Lipinski definition) is 5. The van der Waals surface area contributed by atoms with Gasteiger partial charge in [0.1, 0.15) is 18.9 Å². The molecule has 0 fully saturated rings. The van der Waals surface area contributed by atoms with Crippen LogP contribution in [0.15, 0.2) is 54.6 Å². The Labute approximate surface area is 152 Å². The molecule has 0 radical (unpaired) electrons. The molecule has 0 heterocycles. The molecule has 26 heavy (non-hydrogen) atoms. The van der Waals surface area contributed by atoms with Gasteiger partial charge in [0.05, 0.1) is 0 Å². The lowest BCUT2D eigenvalue weighted by Gasteiger charge is -2.08. The lowest BCUT2D eigenvalue weighted by Crippen LogP contribution is -2.34. The molecular weight excluding hydrogens is 334 g/mol. The van der Waals surface area contributed by atoms with Crippen LogP contribution in [0.5, 0.6) is 5.75 Å². The number of carbonyl (C=O) groups excluding carboxylic acids is 3. The number of rotatable bonds is 9. The Morgan fingerprint density at radius 2 is 1.65 bits per heavy atom. The van der Waals surface area contributed by atoms with Gasteiger partial charge in [0.25, 0.3) is 5.91 Å². The van der Waals surface area contributed by atoms with Crippen molar-refractivity contribution in [1.29, 1.82) is 0 Å². The highest BCUT2D eigenvalue weighted by Crippen LogP contribution is 2.13. The minimum absolute atomic E-state index is 0.0447. The SMILES string of the molecule is CCC(=O)c1ccc(OCC(=O)NCC(=O)OCc2ccccc2)cc1. The van der Waals surface area contributed by atoms with E-state index >= 15 is 0 Å². The molecular formula is C20H21NO5. The lowest BCUT2D eigenvalue weighted by atomic mass is 10.1. The molecule has 0 spiro atoms. The Hall–Kier alpha value is -3.15. The van der Waals surface area contributed by atoms with E-state index in [1.807, 2.05) is 30.3 Å². The Morgan fingerprint density at radius 3 is 2.31 bits per heavy atom. The molecule has 0 aliphatic heterocycles. The van der Waals surface area contributed by atoms with E-state index in [1.165, 1.54) is 0 Å². The van der Waals surface area contributed by atoms with Gasteiger partial charge in [-0.15, -0.1) is 0 Å². The maximum atomic E-state index is 11.7. The van der Waals surface area contributed by atoms with Crippen LogP contribution in [0.3, 0.4) is 0 Å².